The summed E-state index contributed by atoms with van der Waals surface area (Å²) >= 11 is 1.38. The smallest absolute Gasteiger partial charge is 0.234 e. The predicted molar refractivity (Wildman–Crippen MR) is 125 cm³/mol. The fourth-order valence-electron chi connectivity index (χ4n) is 3.59. The van der Waals surface area contributed by atoms with E-state index < -0.39 is 0 Å². The molecule has 1 aromatic heterocycles. The first-order chi connectivity index (χ1) is 14.5. The summed E-state index contributed by atoms with van der Waals surface area (Å²) in [6.45, 7) is 6.08. The third-order valence-electron chi connectivity index (χ3n) is 4.98. The number of fused-ring (bicyclic) bond motifs is 1. The number of rotatable bonds is 5. The van der Waals surface area contributed by atoms with Gasteiger partial charge < -0.3 is 5.32 Å². The average Bonchev–Trinajstić information content (AvgIpc) is 2.75. The molecule has 0 atom stereocenters. The Morgan fingerprint density at radius 2 is 1.60 bits per heavy atom. The van der Waals surface area contributed by atoms with Gasteiger partial charge in [0.1, 0.15) is 5.03 Å². The van der Waals surface area contributed by atoms with Crippen molar-refractivity contribution in [3.8, 4) is 11.3 Å². The number of benzene rings is 3. The molecule has 0 saturated carbocycles. The number of nitrogens with one attached hydrogen (secondary N) is 1. The Kier molecular flexibility index (Phi) is 5.81. The molecule has 0 saturated heterocycles. The Bertz CT molecular complexity index is 1200. The van der Waals surface area contributed by atoms with Crippen LogP contribution in [0.15, 0.2) is 71.8 Å². The molecule has 5 heteroatoms. The van der Waals surface area contributed by atoms with Crippen LogP contribution in [0.2, 0.25) is 0 Å². The zero-order chi connectivity index (χ0) is 21.1. The molecule has 4 rings (SSSR count). The quantitative estimate of drug-likeness (QED) is 0.411. The highest BCUT2D eigenvalue weighted by Crippen LogP contribution is 2.25. The molecule has 1 N–H and O–H groups in total. The lowest BCUT2D eigenvalue weighted by Gasteiger charge is -2.12. The first-order valence-electron chi connectivity index (χ1n) is 9.83. The summed E-state index contributed by atoms with van der Waals surface area (Å²) in [4.78, 5) is 12.4. The molecule has 0 aliphatic carbocycles. The monoisotopic (exact) mass is 413 g/mol. The second-order valence-electron chi connectivity index (χ2n) is 7.43. The molecule has 0 aliphatic rings. The molecule has 1 amide bonds. The summed E-state index contributed by atoms with van der Waals surface area (Å²) < 4.78 is 0. The van der Waals surface area contributed by atoms with Crippen molar-refractivity contribution in [3.05, 3.63) is 83.4 Å². The van der Waals surface area contributed by atoms with Crippen LogP contribution < -0.4 is 5.32 Å². The molecule has 4 nitrogen and oxygen atoms in total. The summed E-state index contributed by atoms with van der Waals surface area (Å²) in [5.41, 5.74) is 6.08. The van der Waals surface area contributed by atoms with Crippen molar-refractivity contribution in [2.24, 2.45) is 0 Å². The maximum absolute atomic E-state index is 12.4. The van der Waals surface area contributed by atoms with Gasteiger partial charge in [0, 0.05) is 11.3 Å². The van der Waals surface area contributed by atoms with Gasteiger partial charge >= 0.3 is 0 Å². The molecule has 3 aromatic carbocycles. The number of hydrogen-bond acceptors (Lipinski definition) is 4. The van der Waals surface area contributed by atoms with Crippen molar-refractivity contribution >= 4 is 34.1 Å². The number of anilines is 1. The minimum atomic E-state index is -0.0459. The van der Waals surface area contributed by atoms with Gasteiger partial charge in [0.15, 0.2) is 0 Å². The van der Waals surface area contributed by atoms with E-state index in [0.717, 1.165) is 33.1 Å². The van der Waals surface area contributed by atoms with Crippen LogP contribution in [-0.2, 0) is 4.79 Å². The summed E-state index contributed by atoms with van der Waals surface area (Å²) in [5.74, 6) is 0.243. The zero-order valence-electron chi connectivity index (χ0n) is 17.3. The van der Waals surface area contributed by atoms with Gasteiger partial charge in [-0.2, -0.15) is 0 Å². The van der Waals surface area contributed by atoms with Gasteiger partial charge in [-0.3, -0.25) is 4.79 Å². The van der Waals surface area contributed by atoms with Crippen molar-refractivity contribution in [1.29, 1.82) is 0 Å². The van der Waals surface area contributed by atoms with Crippen LogP contribution in [0.25, 0.3) is 22.0 Å². The van der Waals surface area contributed by atoms with E-state index in [1.54, 1.807) is 0 Å². The fourth-order valence-corrected chi connectivity index (χ4v) is 4.21. The lowest BCUT2D eigenvalue weighted by atomic mass is 10.1. The number of thioether (sulfide) groups is 1. The molecule has 1 heterocycles. The van der Waals surface area contributed by atoms with Crippen LogP contribution in [0.4, 0.5) is 5.69 Å². The molecule has 0 spiro atoms. The van der Waals surface area contributed by atoms with Gasteiger partial charge in [0.25, 0.3) is 0 Å². The van der Waals surface area contributed by atoms with Crippen LogP contribution >= 0.6 is 11.8 Å². The second kappa shape index (κ2) is 8.67. The van der Waals surface area contributed by atoms with Crippen molar-refractivity contribution in [3.63, 3.8) is 0 Å². The minimum absolute atomic E-state index is 0.0459. The van der Waals surface area contributed by atoms with Gasteiger partial charge in [-0.05, 0) is 60.9 Å². The number of nitrogens with zero attached hydrogens (tertiary/aromatic N) is 2. The number of aromatic nitrogens is 2. The van der Waals surface area contributed by atoms with Crippen LogP contribution in [0, 0.1) is 20.8 Å². The van der Waals surface area contributed by atoms with Gasteiger partial charge in [0.2, 0.25) is 5.91 Å². The highest BCUT2D eigenvalue weighted by molar-refractivity contribution is 7.99. The van der Waals surface area contributed by atoms with Gasteiger partial charge in [-0.15, -0.1) is 10.2 Å². The van der Waals surface area contributed by atoms with E-state index in [4.69, 9.17) is 0 Å². The fraction of sp³-hybridized carbons (Fsp3) is 0.160. The summed E-state index contributed by atoms with van der Waals surface area (Å²) in [6.07, 6.45) is 0. The van der Waals surface area contributed by atoms with E-state index in [1.165, 1.54) is 28.1 Å². The molecule has 0 aliphatic heterocycles. The number of aryl methyl sites for hydroxylation is 3. The SMILES string of the molecule is Cc1cc(C)c(NC(=O)CSc2ccc(-c3ccc4ccccc4c3)nn2)c(C)c1. The van der Waals surface area contributed by atoms with Gasteiger partial charge in [0.05, 0.1) is 11.4 Å². The molecule has 150 valence electrons. The minimum Gasteiger partial charge on any atom is -0.325 e. The Balaban J connectivity index is 1.40. The standard InChI is InChI=1S/C25H23N3OS/c1-16-12-17(2)25(18(3)13-16)26-23(29)15-30-24-11-10-22(27-28-24)21-9-8-19-6-4-5-7-20(19)14-21/h4-14H,15H2,1-3H3,(H,26,29). The molecule has 0 bridgehead atoms. The highest BCUT2D eigenvalue weighted by Gasteiger charge is 2.10. The average molecular weight is 414 g/mol. The third kappa shape index (κ3) is 4.52. The zero-order valence-corrected chi connectivity index (χ0v) is 18.1. The normalized spacial score (nSPS) is 10.9. The maximum Gasteiger partial charge on any atom is 0.234 e. The third-order valence-corrected chi connectivity index (χ3v) is 5.90. The van der Waals surface area contributed by atoms with Crippen molar-refractivity contribution in [2.75, 3.05) is 11.1 Å². The van der Waals surface area contributed by atoms with Crippen LogP contribution in [0.1, 0.15) is 16.7 Å². The van der Waals surface area contributed by atoms with E-state index in [9.17, 15) is 4.79 Å². The summed E-state index contributed by atoms with van der Waals surface area (Å²) in [5, 5.41) is 14.8. The number of carbonyl (C=O) groups is 1. The topological polar surface area (TPSA) is 54.9 Å². The molecule has 0 radical (unpaired) electrons. The number of hydrogen-bond donors (Lipinski definition) is 1. The van der Waals surface area contributed by atoms with Crippen molar-refractivity contribution in [2.45, 2.75) is 25.8 Å². The van der Waals surface area contributed by atoms with Crippen LogP contribution in [0.5, 0.6) is 0 Å². The Morgan fingerprint density at radius 1 is 0.867 bits per heavy atom. The second-order valence-corrected chi connectivity index (χ2v) is 8.42. The Labute approximate surface area is 180 Å². The van der Waals surface area contributed by atoms with E-state index in [2.05, 4.69) is 64.9 Å². The predicted octanol–water partition coefficient (Wildman–Crippen LogP) is 5.95. The molecular weight excluding hydrogens is 390 g/mol. The van der Waals surface area contributed by atoms with Crippen molar-refractivity contribution < 1.29 is 4.79 Å². The Hall–Kier alpha value is -3.18. The lowest BCUT2D eigenvalue weighted by molar-refractivity contribution is -0.113. The molecular formula is C25H23N3OS. The van der Waals surface area contributed by atoms with Gasteiger partial charge in [-0.1, -0.05) is 65.9 Å². The van der Waals surface area contributed by atoms with E-state index in [-0.39, 0.29) is 11.7 Å². The van der Waals surface area contributed by atoms with E-state index in [1.807, 2.05) is 38.1 Å². The lowest BCUT2D eigenvalue weighted by Crippen LogP contribution is -2.16. The number of amides is 1. The molecule has 0 fully saturated rings. The first-order valence-corrected chi connectivity index (χ1v) is 10.8. The van der Waals surface area contributed by atoms with Crippen LogP contribution in [0.3, 0.4) is 0 Å². The van der Waals surface area contributed by atoms with Crippen molar-refractivity contribution in [1.82, 2.24) is 10.2 Å². The van der Waals surface area contributed by atoms with Gasteiger partial charge in [-0.25, -0.2) is 0 Å². The Morgan fingerprint density at radius 3 is 2.30 bits per heavy atom. The van der Waals surface area contributed by atoms with E-state index in [0.29, 0.717) is 0 Å². The summed E-state index contributed by atoms with van der Waals surface area (Å²) in [7, 11) is 0. The summed E-state index contributed by atoms with van der Waals surface area (Å²) in [6, 6.07) is 22.5. The molecule has 0 unspecified atom stereocenters. The van der Waals surface area contributed by atoms with Crippen LogP contribution in [-0.4, -0.2) is 21.9 Å². The molecule has 4 aromatic rings. The molecule has 30 heavy (non-hydrogen) atoms. The largest absolute Gasteiger partial charge is 0.325 e. The highest BCUT2D eigenvalue weighted by atomic mass is 32.2. The number of carbonyl (C=O) groups excluding carboxylic acids is 1. The van der Waals surface area contributed by atoms with E-state index >= 15 is 0 Å². The first kappa shape index (κ1) is 20.1. The maximum atomic E-state index is 12.4.